The first-order valence-corrected chi connectivity index (χ1v) is 25.1. The molecule has 0 fully saturated rings. The molecule has 16 nitrogen and oxygen atoms in total. The first kappa shape index (κ1) is 63.4. The monoisotopic (exact) mass is 1170 g/mol. The molecule has 370 valence electrons. The zero-order chi connectivity index (χ0) is 52.3. The minimum atomic E-state index is -5.26. The van der Waals surface area contributed by atoms with Gasteiger partial charge in [-0.1, -0.05) is 48.5 Å². The van der Waals surface area contributed by atoms with Gasteiger partial charge in [-0.2, -0.15) is 0 Å². The number of nitrogens with one attached hydrogen (secondary N) is 2. The van der Waals surface area contributed by atoms with Crippen molar-refractivity contribution in [3.8, 4) is 44.5 Å². The molecule has 7 aromatic rings. The van der Waals surface area contributed by atoms with Crippen LogP contribution in [0.5, 0.6) is 0 Å². The quantitative estimate of drug-likeness (QED) is 0.0857. The number of fused-ring (bicyclic) bond motifs is 8. The van der Waals surface area contributed by atoms with Gasteiger partial charge in [0.15, 0.2) is 46.6 Å². The SMILES string of the molecule is O=S(=O)([O-])c1ccc(-c2c3nc(c(-c4ccc(S(=O)(=O)[O-])cc4)c4[nH]c(c(F)c4F)c(-c4ccc(S(=O)(=O)[O-])cc4)c4[nH]c(c(F)c4F)c(-c4ccc(S(=O)(=O)[O-])cc4)c4nc2C(F)=C4F)C(F)=C3F)cc1.[Na+].[Na+].[Na+].[Na+]. The third-order valence-corrected chi connectivity index (χ3v) is 14.5. The second kappa shape index (κ2) is 23.0. The van der Waals surface area contributed by atoms with Gasteiger partial charge in [0.2, 0.25) is 0 Å². The predicted octanol–water partition coefficient (Wildman–Crippen LogP) is -3.30. The van der Waals surface area contributed by atoms with Gasteiger partial charge in [0.1, 0.15) is 63.2 Å². The van der Waals surface area contributed by atoms with Crippen LogP contribution in [-0.4, -0.2) is 71.8 Å². The average Bonchev–Trinajstić information content (AvgIpc) is 3.97. The normalized spacial score (nSPS) is 12.9. The molecule has 5 heterocycles. The Bertz CT molecular complexity index is 4090. The fraction of sp³-hybridized carbons (Fsp3) is 0. The van der Waals surface area contributed by atoms with E-state index in [0.717, 1.165) is 12.1 Å². The molecule has 76 heavy (non-hydrogen) atoms. The Morgan fingerprint density at radius 2 is 0.487 bits per heavy atom. The minimum absolute atomic E-state index is 0. The standard InChI is InChI=1S/C44H22F8N4O12S4.4Na/c45-29-31(47)39-26(18-3-11-22(12-4-18)70(60,61)62)41-33(49)35(51)43(55-41)28(20-7-15-24(16-8-20)72(66,67)68)44-36(52)34(50)42(56-44)27(19-5-13-23(14-6-19)71(63,64)65)40-32(48)30(46)38(54-40)25(37(29)53-39)17-1-9-21(10-2-17)69(57,58)59;;;;/h1-16,53-54H,(H,57,58,59)(H,60,61,62)(H,63,64,65)(H,66,67,68);;;;/q;4*+1/p-4. The van der Waals surface area contributed by atoms with E-state index in [1.54, 1.807) is 0 Å². The Kier molecular flexibility index (Phi) is 19.2. The number of rotatable bonds is 8. The Labute approximate surface area is 512 Å². The maximum Gasteiger partial charge on any atom is 1.00 e. The molecule has 32 heteroatoms. The molecule has 0 radical (unpaired) electrons. The van der Waals surface area contributed by atoms with Crippen molar-refractivity contribution >= 4 is 85.8 Å². The van der Waals surface area contributed by atoms with Gasteiger partial charge >= 0.3 is 118 Å². The van der Waals surface area contributed by atoms with Crippen LogP contribution in [0.15, 0.2) is 117 Å². The number of hydrogen-bond acceptors (Lipinski definition) is 14. The number of aromatic nitrogens is 4. The van der Waals surface area contributed by atoms with Gasteiger partial charge in [0, 0.05) is 22.3 Å². The van der Waals surface area contributed by atoms with E-state index in [-0.39, 0.29) is 118 Å². The van der Waals surface area contributed by atoms with E-state index in [0.29, 0.717) is 84.9 Å². The van der Waals surface area contributed by atoms with Gasteiger partial charge in [0.25, 0.3) is 0 Å². The van der Waals surface area contributed by atoms with Crippen LogP contribution in [0.1, 0.15) is 22.8 Å². The average molecular weight is 1170 g/mol. The van der Waals surface area contributed by atoms with Crippen molar-refractivity contribution in [1.82, 2.24) is 19.9 Å². The van der Waals surface area contributed by atoms with Crippen molar-refractivity contribution in [2.45, 2.75) is 19.6 Å². The molecular formula is C44H18F8N4Na4O12S4. The molecule has 0 amide bonds. The number of nitrogens with zero attached hydrogens (tertiary/aromatic N) is 2. The van der Waals surface area contributed by atoms with Crippen LogP contribution in [0.25, 0.3) is 89.9 Å². The van der Waals surface area contributed by atoms with Crippen LogP contribution in [0.4, 0.5) is 35.1 Å². The van der Waals surface area contributed by atoms with Crippen molar-refractivity contribution in [2.75, 3.05) is 0 Å². The molecule has 9 rings (SSSR count). The first-order valence-electron chi connectivity index (χ1n) is 19.5. The molecule has 0 spiro atoms. The fourth-order valence-electron chi connectivity index (χ4n) is 7.85. The Morgan fingerprint density at radius 1 is 0.303 bits per heavy atom. The Balaban J connectivity index is 0.00000267. The van der Waals surface area contributed by atoms with Gasteiger partial charge < -0.3 is 28.2 Å². The van der Waals surface area contributed by atoms with E-state index in [1.807, 2.05) is 0 Å². The molecule has 0 atom stereocenters. The third-order valence-electron chi connectivity index (χ3n) is 11.1. The summed E-state index contributed by atoms with van der Waals surface area (Å²) < 4.78 is 277. The summed E-state index contributed by atoms with van der Waals surface area (Å²) in [7, 11) is -21.0. The zero-order valence-electron chi connectivity index (χ0n) is 38.7. The maximum atomic E-state index is 16.9. The second-order valence-electron chi connectivity index (χ2n) is 15.3. The molecule has 2 aliphatic heterocycles. The second-order valence-corrected chi connectivity index (χ2v) is 20.8. The molecule has 0 aliphatic carbocycles. The van der Waals surface area contributed by atoms with Crippen molar-refractivity contribution in [3.05, 3.63) is 143 Å². The van der Waals surface area contributed by atoms with E-state index >= 15 is 35.1 Å². The van der Waals surface area contributed by atoms with Gasteiger partial charge in [-0.15, -0.1) is 0 Å². The van der Waals surface area contributed by atoms with E-state index < -0.39 is 196 Å². The summed E-state index contributed by atoms with van der Waals surface area (Å²) in [6.07, 6.45) is 0. The van der Waals surface area contributed by atoms with Crippen LogP contribution in [0.2, 0.25) is 0 Å². The van der Waals surface area contributed by atoms with Crippen LogP contribution >= 0.6 is 0 Å². The van der Waals surface area contributed by atoms with Crippen molar-refractivity contribution in [3.63, 3.8) is 0 Å². The summed E-state index contributed by atoms with van der Waals surface area (Å²) >= 11 is 0. The topological polar surface area (TPSA) is 286 Å². The van der Waals surface area contributed by atoms with Crippen molar-refractivity contribution in [1.29, 1.82) is 0 Å². The van der Waals surface area contributed by atoms with Crippen molar-refractivity contribution in [2.24, 2.45) is 0 Å². The molecule has 3 aromatic heterocycles. The summed E-state index contributed by atoms with van der Waals surface area (Å²) in [6, 6.07) is 10.5. The number of benzene rings is 4. The fourth-order valence-corrected chi connectivity index (χ4v) is 9.72. The minimum Gasteiger partial charge on any atom is -0.744 e. The van der Waals surface area contributed by atoms with Crippen LogP contribution in [0.3, 0.4) is 0 Å². The number of halogens is 8. The maximum absolute atomic E-state index is 16.9. The van der Waals surface area contributed by atoms with Crippen LogP contribution in [-0.2, 0) is 40.5 Å². The summed E-state index contributed by atoms with van der Waals surface area (Å²) in [5, 5.41) is 0. The van der Waals surface area contributed by atoms with Crippen molar-refractivity contribution < 1.29 is 205 Å². The molecule has 2 aliphatic rings. The molecule has 0 saturated carbocycles. The Hall–Kier alpha value is -3.44. The van der Waals surface area contributed by atoms with E-state index in [9.17, 15) is 51.9 Å². The van der Waals surface area contributed by atoms with E-state index in [1.165, 1.54) is 0 Å². The number of hydrogen-bond donors (Lipinski definition) is 2. The van der Waals surface area contributed by atoms with Gasteiger partial charge in [-0.25, -0.2) is 78.8 Å². The summed E-state index contributed by atoms with van der Waals surface area (Å²) in [5.41, 5.74) is -17.3. The summed E-state index contributed by atoms with van der Waals surface area (Å²) in [5.74, 6) is -16.7. The number of H-pyrrole nitrogens is 2. The molecule has 2 N–H and O–H groups in total. The van der Waals surface area contributed by atoms with Crippen LogP contribution < -0.4 is 118 Å². The molecule has 4 aromatic carbocycles. The first-order chi connectivity index (χ1) is 33.6. The predicted molar refractivity (Wildman–Crippen MR) is 232 cm³/mol. The van der Waals surface area contributed by atoms with Gasteiger partial charge in [0.05, 0.1) is 41.6 Å². The van der Waals surface area contributed by atoms with Gasteiger partial charge in [-0.05, 0) is 70.8 Å². The molecule has 0 saturated heterocycles. The molecule has 8 bridgehead atoms. The zero-order valence-corrected chi connectivity index (χ0v) is 50.0. The summed E-state index contributed by atoms with van der Waals surface area (Å²) in [6.45, 7) is 0. The molecular weight excluding hydrogens is 1150 g/mol. The number of aromatic amines is 2. The van der Waals surface area contributed by atoms with Crippen LogP contribution in [0, 0.1) is 23.3 Å². The smallest absolute Gasteiger partial charge is 0.744 e. The van der Waals surface area contributed by atoms with Gasteiger partial charge in [-0.3, -0.25) is 0 Å². The molecule has 0 unspecified atom stereocenters. The van der Waals surface area contributed by atoms with E-state index in [2.05, 4.69) is 19.9 Å². The largest absolute Gasteiger partial charge is 1.00 e. The Morgan fingerprint density at radius 3 is 0.711 bits per heavy atom. The summed E-state index contributed by atoms with van der Waals surface area (Å²) in [4.78, 5) is 8.50. The van der Waals surface area contributed by atoms with E-state index in [4.69, 9.17) is 0 Å². The third kappa shape index (κ3) is 11.5.